The van der Waals surface area contributed by atoms with Crippen LogP contribution in [0.5, 0.6) is 0 Å². The molecule has 1 saturated heterocycles. The molecule has 0 spiro atoms. The van der Waals surface area contributed by atoms with Crippen LogP contribution in [0, 0.1) is 6.92 Å². The molecule has 0 radical (unpaired) electrons. The van der Waals surface area contributed by atoms with Gasteiger partial charge in [-0.25, -0.2) is 4.99 Å². The van der Waals surface area contributed by atoms with Crippen LogP contribution in [0.1, 0.15) is 29.5 Å². The molecule has 0 aromatic heterocycles. The average molecular weight is 338 g/mol. The summed E-state index contributed by atoms with van der Waals surface area (Å²) in [4.78, 5) is 7.82. The first-order valence-corrected chi connectivity index (χ1v) is 9.37. The normalized spacial score (nSPS) is 21.1. The first-order chi connectivity index (χ1) is 12.8. The first-order valence-electron chi connectivity index (χ1n) is 9.37. The molecule has 2 heteroatoms. The van der Waals surface area contributed by atoms with Crippen LogP contribution in [0.15, 0.2) is 83.9 Å². The molecule has 2 aliphatic heterocycles. The van der Waals surface area contributed by atoms with Gasteiger partial charge in [0.15, 0.2) is 0 Å². The molecule has 3 aromatic rings. The summed E-state index contributed by atoms with van der Waals surface area (Å²) in [6.07, 6.45) is 2.27. The van der Waals surface area contributed by atoms with Crippen LogP contribution in [0.2, 0.25) is 0 Å². The van der Waals surface area contributed by atoms with Crippen LogP contribution in [-0.2, 0) is 5.54 Å². The van der Waals surface area contributed by atoms with E-state index in [1.807, 2.05) is 0 Å². The number of aryl methyl sites for hydroxylation is 1. The van der Waals surface area contributed by atoms with Crippen molar-refractivity contribution in [2.75, 3.05) is 11.4 Å². The van der Waals surface area contributed by atoms with E-state index in [0.717, 1.165) is 18.7 Å². The fraction of sp³-hybridized carbons (Fsp3) is 0.208. The maximum absolute atomic E-state index is 5.22. The molecule has 2 aliphatic rings. The first kappa shape index (κ1) is 15.4. The summed E-state index contributed by atoms with van der Waals surface area (Å²) in [5.74, 6) is 0. The molecule has 0 bridgehead atoms. The minimum absolute atomic E-state index is 0.177. The number of nitrogens with zero attached hydrogens (tertiary/aromatic N) is 2. The zero-order chi connectivity index (χ0) is 17.6. The molecule has 3 aromatic carbocycles. The third-order valence-corrected chi connectivity index (χ3v) is 5.73. The molecule has 1 unspecified atom stereocenters. The smallest absolute Gasteiger partial charge is 0.108 e. The van der Waals surface area contributed by atoms with Crippen molar-refractivity contribution < 1.29 is 0 Å². The Morgan fingerprint density at radius 1 is 0.885 bits per heavy atom. The Morgan fingerprint density at radius 2 is 1.62 bits per heavy atom. The Balaban J connectivity index is 1.83. The number of aliphatic imine (C=N–C) groups is 1. The molecule has 0 aliphatic carbocycles. The minimum Gasteiger partial charge on any atom is -0.354 e. The fourth-order valence-electron chi connectivity index (χ4n) is 4.60. The van der Waals surface area contributed by atoms with Crippen molar-refractivity contribution >= 4 is 17.1 Å². The quantitative estimate of drug-likeness (QED) is 0.591. The highest BCUT2D eigenvalue weighted by Crippen LogP contribution is 2.51. The average Bonchev–Trinajstić information content (AvgIpc) is 3.15. The lowest BCUT2D eigenvalue weighted by Crippen LogP contribution is -2.50. The van der Waals surface area contributed by atoms with Crippen LogP contribution in [0.4, 0.5) is 11.4 Å². The zero-order valence-corrected chi connectivity index (χ0v) is 15.0. The molecule has 5 rings (SSSR count). The number of hydrogen-bond donors (Lipinski definition) is 0. The van der Waals surface area contributed by atoms with Crippen molar-refractivity contribution in [3.8, 4) is 0 Å². The van der Waals surface area contributed by atoms with E-state index in [1.165, 1.54) is 34.5 Å². The molecular weight excluding hydrogens is 316 g/mol. The van der Waals surface area contributed by atoms with Gasteiger partial charge in [0, 0.05) is 6.54 Å². The summed E-state index contributed by atoms with van der Waals surface area (Å²) < 4.78 is 0. The molecule has 0 saturated carbocycles. The molecule has 2 heterocycles. The van der Waals surface area contributed by atoms with Crippen LogP contribution < -0.4 is 4.90 Å². The Hall–Kier alpha value is -2.87. The Morgan fingerprint density at radius 3 is 2.38 bits per heavy atom. The number of fused-ring (bicyclic) bond motifs is 3. The van der Waals surface area contributed by atoms with Crippen molar-refractivity contribution in [1.29, 1.82) is 0 Å². The molecular formula is C24H22N2. The van der Waals surface area contributed by atoms with Gasteiger partial charge in [-0.2, -0.15) is 0 Å². The van der Waals surface area contributed by atoms with Crippen LogP contribution in [-0.4, -0.2) is 12.3 Å². The molecule has 1 fully saturated rings. The van der Waals surface area contributed by atoms with Crippen molar-refractivity contribution in [2.24, 2.45) is 4.99 Å². The highest BCUT2D eigenvalue weighted by molar-refractivity contribution is 6.13. The lowest BCUT2D eigenvalue weighted by molar-refractivity contribution is 0.593. The second-order valence-corrected chi connectivity index (χ2v) is 7.30. The predicted octanol–water partition coefficient (Wildman–Crippen LogP) is 5.63. The van der Waals surface area contributed by atoms with Gasteiger partial charge in [-0.05, 0) is 48.6 Å². The van der Waals surface area contributed by atoms with Gasteiger partial charge in [0.05, 0.1) is 17.1 Å². The summed E-state index contributed by atoms with van der Waals surface area (Å²) in [6.45, 7) is 3.23. The second-order valence-electron chi connectivity index (χ2n) is 7.30. The summed E-state index contributed by atoms with van der Waals surface area (Å²) in [7, 11) is 0. The summed E-state index contributed by atoms with van der Waals surface area (Å²) >= 11 is 0. The SMILES string of the molecule is Cc1ccc2c(c1)N1CCCC1(c1ccccc1)C(c1ccccc1)=N2. The molecule has 26 heavy (non-hydrogen) atoms. The fourth-order valence-corrected chi connectivity index (χ4v) is 4.60. The maximum Gasteiger partial charge on any atom is 0.108 e. The van der Waals surface area contributed by atoms with E-state index in [1.54, 1.807) is 0 Å². The Kier molecular flexibility index (Phi) is 3.46. The van der Waals surface area contributed by atoms with Crippen LogP contribution >= 0.6 is 0 Å². The third-order valence-electron chi connectivity index (χ3n) is 5.73. The van der Waals surface area contributed by atoms with E-state index in [0.29, 0.717) is 0 Å². The van der Waals surface area contributed by atoms with Gasteiger partial charge >= 0.3 is 0 Å². The zero-order valence-electron chi connectivity index (χ0n) is 15.0. The van der Waals surface area contributed by atoms with E-state index in [4.69, 9.17) is 4.99 Å². The van der Waals surface area contributed by atoms with Crippen LogP contribution in [0.25, 0.3) is 0 Å². The lowest BCUT2D eigenvalue weighted by Gasteiger charge is -2.45. The van der Waals surface area contributed by atoms with Gasteiger partial charge in [-0.3, -0.25) is 0 Å². The van der Waals surface area contributed by atoms with Crippen molar-refractivity contribution in [1.82, 2.24) is 0 Å². The number of benzene rings is 3. The largest absolute Gasteiger partial charge is 0.354 e. The van der Waals surface area contributed by atoms with E-state index in [9.17, 15) is 0 Å². The monoisotopic (exact) mass is 338 g/mol. The number of anilines is 1. The van der Waals surface area contributed by atoms with E-state index in [2.05, 4.69) is 90.7 Å². The summed E-state index contributed by atoms with van der Waals surface area (Å²) in [5.41, 5.74) is 7.20. The lowest BCUT2D eigenvalue weighted by atomic mass is 9.78. The minimum atomic E-state index is -0.177. The van der Waals surface area contributed by atoms with Gasteiger partial charge < -0.3 is 4.90 Å². The highest BCUT2D eigenvalue weighted by Gasteiger charge is 2.49. The third kappa shape index (κ3) is 2.15. The molecule has 0 N–H and O–H groups in total. The maximum atomic E-state index is 5.22. The Labute approximate surface area is 154 Å². The predicted molar refractivity (Wildman–Crippen MR) is 109 cm³/mol. The van der Waals surface area contributed by atoms with E-state index in [-0.39, 0.29) is 5.54 Å². The van der Waals surface area contributed by atoms with Gasteiger partial charge in [-0.1, -0.05) is 66.7 Å². The van der Waals surface area contributed by atoms with E-state index >= 15 is 0 Å². The van der Waals surface area contributed by atoms with Crippen LogP contribution in [0.3, 0.4) is 0 Å². The van der Waals surface area contributed by atoms with Crippen molar-refractivity contribution in [3.63, 3.8) is 0 Å². The number of rotatable bonds is 2. The second kappa shape index (κ2) is 5.84. The van der Waals surface area contributed by atoms with Gasteiger partial charge in [0.1, 0.15) is 5.54 Å². The summed E-state index contributed by atoms with van der Waals surface area (Å²) in [6, 6.07) is 28.2. The van der Waals surface area contributed by atoms with Crippen molar-refractivity contribution in [2.45, 2.75) is 25.3 Å². The number of hydrogen-bond acceptors (Lipinski definition) is 2. The highest BCUT2D eigenvalue weighted by atomic mass is 15.3. The van der Waals surface area contributed by atoms with Crippen molar-refractivity contribution in [3.05, 3.63) is 95.6 Å². The van der Waals surface area contributed by atoms with Gasteiger partial charge in [-0.15, -0.1) is 0 Å². The molecule has 1 atom stereocenters. The Bertz CT molecular complexity index is 976. The standard InChI is InChI=1S/C24H22N2/c1-18-13-14-21-22(17-18)26-16-8-15-24(26,20-11-6-3-7-12-20)23(25-21)19-9-4-2-5-10-19/h2-7,9-14,17H,8,15-16H2,1H3. The van der Waals surface area contributed by atoms with Gasteiger partial charge in [0.25, 0.3) is 0 Å². The molecule has 0 amide bonds. The molecule has 128 valence electrons. The topological polar surface area (TPSA) is 15.6 Å². The van der Waals surface area contributed by atoms with Gasteiger partial charge in [0.2, 0.25) is 0 Å². The molecule has 2 nitrogen and oxygen atoms in total. The summed E-state index contributed by atoms with van der Waals surface area (Å²) in [5, 5.41) is 0. The van der Waals surface area contributed by atoms with E-state index < -0.39 is 0 Å².